The predicted molar refractivity (Wildman–Crippen MR) is 99.2 cm³/mol. The van der Waals surface area contributed by atoms with Crippen LogP contribution in [-0.4, -0.2) is 15.9 Å². The number of nitrogens with zero attached hydrogens (tertiary/aromatic N) is 2. The molecule has 4 nitrogen and oxygen atoms in total. The van der Waals surface area contributed by atoms with E-state index >= 15 is 0 Å². The van der Waals surface area contributed by atoms with Crippen molar-refractivity contribution in [2.45, 2.75) is 25.9 Å². The maximum Gasteiger partial charge on any atom is 0.309 e. The van der Waals surface area contributed by atoms with Crippen molar-refractivity contribution in [2.24, 2.45) is 5.92 Å². The van der Waals surface area contributed by atoms with E-state index in [1.807, 2.05) is 24.3 Å². The van der Waals surface area contributed by atoms with Crippen LogP contribution in [0.1, 0.15) is 23.2 Å². The molecule has 1 atom stereocenters. The first-order valence-corrected chi connectivity index (χ1v) is 8.98. The first-order valence-electron chi connectivity index (χ1n) is 8.98. The lowest BCUT2D eigenvalue weighted by Gasteiger charge is -2.21. The molecule has 1 aliphatic rings. The highest BCUT2D eigenvalue weighted by molar-refractivity contribution is 5.73. The van der Waals surface area contributed by atoms with E-state index in [0.29, 0.717) is 6.42 Å². The van der Waals surface area contributed by atoms with Crippen LogP contribution in [0.25, 0.3) is 11.1 Å². The van der Waals surface area contributed by atoms with Crippen molar-refractivity contribution in [1.29, 1.82) is 0 Å². The van der Waals surface area contributed by atoms with Gasteiger partial charge in [0.2, 0.25) is 0 Å². The second-order valence-corrected chi connectivity index (χ2v) is 6.75. The molecule has 1 heterocycles. The number of aryl methyl sites for hydroxylation is 1. The fraction of sp³-hybridized carbons (Fsp3) is 0.227. The van der Waals surface area contributed by atoms with Crippen LogP contribution in [0.15, 0.2) is 61.1 Å². The normalized spacial score (nSPS) is 15.8. The Labute approximate surface area is 157 Å². The largest absolute Gasteiger partial charge is 0.461 e. The molecule has 0 saturated heterocycles. The van der Waals surface area contributed by atoms with Crippen molar-refractivity contribution >= 4 is 5.97 Å². The first kappa shape index (κ1) is 17.3. The van der Waals surface area contributed by atoms with Crippen LogP contribution in [0.3, 0.4) is 0 Å². The van der Waals surface area contributed by atoms with Gasteiger partial charge in [-0.05, 0) is 59.7 Å². The minimum atomic E-state index is -0.261. The van der Waals surface area contributed by atoms with Crippen LogP contribution in [0, 0.1) is 11.7 Å². The molecule has 0 N–H and O–H groups in total. The molecule has 0 radical (unpaired) electrons. The summed E-state index contributed by atoms with van der Waals surface area (Å²) in [4.78, 5) is 20.8. The Morgan fingerprint density at radius 3 is 2.85 bits per heavy atom. The molecule has 136 valence electrons. The van der Waals surface area contributed by atoms with Gasteiger partial charge in [-0.3, -0.25) is 4.79 Å². The molecule has 0 fully saturated rings. The smallest absolute Gasteiger partial charge is 0.309 e. The van der Waals surface area contributed by atoms with E-state index in [2.05, 4.69) is 9.97 Å². The van der Waals surface area contributed by atoms with Gasteiger partial charge in [0.05, 0.1) is 5.92 Å². The van der Waals surface area contributed by atoms with Gasteiger partial charge >= 0.3 is 5.97 Å². The highest BCUT2D eigenvalue weighted by Gasteiger charge is 2.26. The second kappa shape index (κ2) is 7.66. The molecule has 0 bridgehead atoms. The van der Waals surface area contributed by atoms with Crippen molar-refractivity contribution in [3.63, 3.8) is 0 Å². The number of esters is 1. The van der Waals surface area contributed by atoms with E-state index in [1.165, 1.54) is 12.1 Å². The average Bonchev–Trinajstić information content (AvgIpc) is 2.72. The van der Waals surface area contributed by atoms with Crippen molar-refractivity contribution in [2.75, 3.05) is 0 Å². The third-order valence-corrected chi connectivity index (χ3v) is 4.90. The Hall–Kier alpha value is -3.08. The number of rotatable bonds is 4. The number of halogens is 1. The lowest BCUT2D eigenvalue weighted by molar-refractivity contribution is -0.150. The fourth-order valence-electron chi connectivity index (χ4n) is 3.41. The van der Waals surface area contributed by atoms with Crippen LogP contribution in [-0.2, 0) is 29.0 Å². The number of benzene rings is 2. The summed E-state index contributed by atoms with van der Waals surface area (Å²) in [6, 6.07) is 14.1. The molecule has 4 rings (SSSR count). The molecule has 0 amide bonds. The molecule has 0 spiro atoms. The SMILES string of the molecule is O=C(OCc1cccc(-c2ccc(F)cc2)c1)C1CCc2ncncc2C1. The summed E-state index contributed by atoms with van der Waals surface area (Å²) in [5.41, 5.74) is 4.86. The summed E-state index contributed by atoms with van der Waals surface area (Å²) in [6.45, 7) is 0.225. The zero-order valence-electron chi connectivity index (χ0n) is 14.8. The van der Waals surface area contributed by atoms with Crippen molar-refractivity contribution in [3.05, 3.63) is 83.7 Å². The standard InChI is InChI=1S/C22H19FN2O2/c23-20-7-4-16(5-8-20)17-3-1-2-15(10-17)13-27-22(26)18-6-9-21-19(11-18)12-24-14-25-21/h1-5,7-8,10,12,14,18H,6,9,11,13H2. The quantitative estimate of drug-likeness (QED) is 0.655. The van der Waals surface area contributed by atoms with Crippen molar-refractivity contribution in [1.82, 2.24) is 9.97 Å². The molecule has 27 heavy (non-hydrogen) atoms. The minimum Gasteiger partial charge on any atom is -0.461 e. The third-order valence-electron chi connectivity index (χ3n) is 4.90. The van der Waals surface area contributed by atoms with Crippen molar-refractivity contribution < 1.29 is 13.9 Å². The highest BCUT2D eigenvalue weighted by atomic mass is 19.1. The first-order chi connectivity index (χ1) is 13.2. The Kier molecular flexibility index (Phi) is 4.92. The number of carbonyl (C=O) groups is 1. The molecule has 2 aromatic carbocycles. The van der Waals surface area contributed by atoms with Crippen LogP contribution < -0.4 is 0 Å². The van der Waals surface area contributed by atoms with Gasteiger partial charge in [0.25, 0.3) is 0 Å². The Bertz CT molecular complexity index is 957. The molecule has 1 unspecified atom stereocenters. The monoisotopic (exact) mass is 362 g/mol. The Morgan fingerprint density at radius 2 is 2.00 bits per heavy atom. The maximum atomic E-state index is 13.1. The predicted octanol–water partition coefficient (Wildman–Crippen LogP) is 4.13. The summed E-state index contributed by atoms with van der Waals surface area (Å²) in [5, 5.41) is 0. The molecule has 1 aromatic heterocycles. The molecule has 0 aliphatic heterocycles. The number of hydrogen-bond donors (Lipinski definition) is 0. The molecular weight excluding hydrogens is 343 g/mol. The number of hydrogen-bond acceptors (Lipinski definition) is 4. The van der Waals surface area contributed by atoms with Gasteiger partial charge in [0, 0.05) is 11.9 Å². The number of carbonyl (C=O) groups excluding carboxylic acids is 1. The fourth-order valence-corrected chi connectivity index (χ4v) is 3.41. The van der Waals surface area contributed by atoms with E-state index in [9.17, 15) is 9.18 Å². The summed E-state index contributed by atoms with van der Waals surface area (Å²) in [6.07, 6.45) is 5.49. The van der Waals surface area contributed by atoms with Gasteiger partial charge in [-0.15, -0.1) is 0 Å². The van der Waals surface area contributed by atoms with Gasteiger partial charge in [0.1, 0.15) is 18.8 Å². The number of aromatic nitrogens is 2. The van der Waals surface area contributed by atoms with E-state index in [4.69, 9.17) is 4.74 Å². The topological polar surface area (TPSA) is 52.1 Å². The van der Waals surface area contributed by atoms with Gasteiger partial charge in [-0.25, -0.2) is 14.4 Å². The summed E-state index contributed by atoms with van der Waals surface area (Å²) in [7, 11) is 0. The van der Waals surface area contributed by atoms with E-state index in [-0.39, 0.29) is 24.3 Å². The Morgan fingerprint density at radius 1 is 1.15 bits per heavy atom. The zero-order valence-corrected chi connectivity index (χ0v) is 14.8. The molecule has 1 aliphatic carbocycles. The van der Waals surface area contributed by atoms with Gasteiger partial charge in [-0.2, -0.15) is 0 Å². The molecule has 5 heteroatoms. The lowest BCUT2D eigenvalue weighted by Crippen LogP contribution is -2.25. The third kappa shape index (κ3) is 4.03. The Balaban J connectivity index is 1.40. The number of fused-ring (bicyclic) bond motifs is 1. The molecule has 3 aromatic rings. The lowest BCUT2D eigenvalue weighted by atomic mass is 9.87. The van der Waals surface area contributed by atoms with Gasteiger partial charge in [0.15, 0.2) is 0 Å². The van der Waals surface area contributed by atoms with Crippen LogP contribution in [0.4, 0.5) is 4.39 Å². The molecule has 0 saturated carbocycles. The summed E-state index contributed by atoms with van der Waals surface area (Å²) < 4.78 is 18.6. The number of ether oxygens (including phenoxy) is 1. The van der Waals surface area contributed by atoms with E-state index < -0.39 is 0 Å². The van der Waals surface area contributed by atoms with E-state index in [0.717, 1.165) is 40.8 Å². The average molecular weight is 362 g/mol. The second-order valence-electron chi connectivity index (χ2n) is 6.75. The highest BCUT2D eigenvalue weighted by Crippen LogP contribution is 2.25. The summed E-state index contributed by atoms with van der Waals surface area (Å²) in [5.74, 6) is -0.594. The van der Waals surface area contributed by atoms with Crippen molar-refractivity contribution in [3.8, 4) is 11.1 Å². The van der Waals surface area contributed by atoms with Crippen LogP contribution in [0.2, 0.25) is 0 Å². The van der Waals surface area contributed by atoms with Gasteiger partial charge < -0.3 is 4.74 Å². The zero-order chi connectivity index (χ0) is 18.6. The van der Waals surface area contributed by atoms with Crippen LogP contribution >= 0.6 is 0 Å². The van der Waals surface area contributed by atoms with E-state index in [1.54, 1.807) is 24.7 Å². The maximum absolute atomic E-state index is 13.1. The minimum absolute atomic E-state index is 0.149. The summed E-state index contributed by atoms with van der Waals surface area (Å²) >= 11 is 0. The molecular formula is C22H19FN2O2. The van der Waals surface area contributed by atoms with Crippen LogP contribution in [0.5, 0.6) is 0 Å². The van der Waals surface area contributed by atoms with Gasteiger partial charge in [-0.1, -0.05) is 30.3 Å².